The molecule has 0 saturated heterocycles. The number of hydrogen-bond acceptors (Lipinski definition) is 5. The molecule has 0 saturated carbocycles. The summed E-state index contributed by atoms with van der Waals surface area (Å²) >= 11 is 0. The average molecular weight is 233 g/mol. The number of hydrogen-bond donors (Lipinski definition) is 2. The van der Waals surface area contributed by atoms with E-state index in [9.17, 15) is 14.5 Å². The van der Waals surface area contributed by atoms with E-state index >= 15 is 0 Å². The molecule has 7 nitrogen and oxygen atoms in total. The minimum absolute atomic E-state index is 0.252. The third-order valence-corrected chi connectivity index (χ3v) is 1.92. The normalized spacial score (nSPS) is 12.4. The number of nitrogens with one attached hydrogen (secondary N) is 1. The lowest BCUT2D eigenvalue weighted by atomic mass is 10.3. The molecule has 16 heavy (non-hydrogen) atoms. The first kappa shape index (κ1) is 12.4. The van der Waals surface area contributed by atoms with E-state index in [-0.39, 0.29) is 11.6 Å². The van der Waals surface area contributed by atoms with Crippen LogP contribution in [0.4, 0.5) is 10.1 Å². The number of nitrogens with zero attached hydrogens (tertiary/aromatic N) is 2. The maximum Gasteiger partial charge on any atom is 0.352 e. The quantitative estimate of drug-likeness (QED) is 0.553. The summed E-state index contributed by atoms with van der Waals surface area (Å²) in [5.41, 5.74) is 0.0343. The van der Waals surface area contributed by atoms with Gasteiger partial charge < -0.3 is 9.84 Å². The maximum atomic E-state index is 12.7. The third-order valence-electron chi connectivity index (χ3n) is 1.92. The number of aromatic amines is 1. The number of aryl methyl sites for hydroxylation is 1. The molecule has 1 aromatic heterocycles. The Kier molecular flexibility index (Phi) is 4.18. The molecule has 0 amide bonds. The van der Waals surface area contributed by atoms with Crippen LogP contribution in [-0.2, 0) is 6.42 Å². The predicted molar refractivity (Wildman–Crippen MR) is 52.1 cm³/mol. The molecule has 1 unspecified atom stereocenters. The molecule has 0 spiro atoms. The van der Waals surface area contributed by atoms with Gasteiger partial charge in [-0.15, -0.1) is 5.10 Å². The molecular weight excluding hydrogens is 221 g/mol. The average Bonchev–Trinajstić information content (AvgIpc) is 2.68. The second-order valence-corrected chi connectivity index (χ2v) is 3.06. The summed E-state index contributed by atoms with van der Waals surface area (Å²) in [6.45, 7) is 0.556. The second kappa shape index (κ2) is 5.40. The fourth-order valence-corrected chi connectivity index (χ4v) is 1.11. The highest BCUT2D eigenvalue weighted by Gasteiger charge is 2.25. The van der Waals surface area contributed by atoms with Crippen LogP contribution in [0.2, 0.25) is 0 Å². The van der Waals surface area contributed by atoms with Gasteiger partial charge in [0, 0.05) is 0 Å². The number of H-pyrrole nitrogens is 1. The van der Waals surface area contributed by atoms with Crippen molar-refractivity contribution in [1.82, 2.24) is 10.2 Å². The molecule has 1 aromatic rings. The van der Waals surface area contributed by atoms with Crippen LogP contribution in [0, 0.1) is 10.1 Å². The first-order chi connectivity index (χ1) is 7.60. The Morgan fingerprint density at radius 1 is 1.75 bits per heavy atom. The van der Waals surface area contributed by atoms with E-state index in [0.29, 0.717) is 12.1 Å². The summed E-state index contributed by atoms with van der Waals surface area (Å²) < 4.78 is 17.5. The molecule has 0 radical (unpaired) electrons. The Bertz CT molecular complexity index is 368. The van der Waals surface area contributed by atoms with Gasteiger partial charge in [-0.2, -0.15) is 0 Å². The lowest BCUT2D eigenvalue weighted by molar-refractivity contribution is -0.386. The van der Waals surface area contributed by atoms with E-state index in [2.05, 4.69) is 10.2 Å². The summed E-state index contributed by atoms with van der Waals surface area (Å²) in [6, 6.07) is 0. The van der Waals surface area contributed by atoms with Gasteiger partial charge >= 0.3 is 11.6 Å². The van der Waals surface area contributed by atoms with E-state index in [1.165, 1.54) is 0 Å². The number of aliphatic hydroxyl groups excluding tert-OH is 1. The molecule has 0 aliphatic carbocycles. The Morgan fingerprint density at radius 2 is 2.44 bits per heavy atom. The van der Waals surface area contributed by atoms with Gasteiger partial charge in [0.2, 0.25) is 0 Å². The lowest BCUT2D eigenvalue weighted by Gasteiger charge is -2.04. The van der Waals surface area contributed by atoms with Crippen molar-refractivity contribution >= 4 is 5.69 Å². The molecule has 0 bridgehead atoms. The standard InChI is InChI=1S/C8H12FN3O4/c1-2-6-7(12(14)15)8(11-10-6)16-4-5(9)3-13/h5,13H,2-4H2,1H3,(H,10,11). The van der Waals surface area contributed by atoms with E-state index in [1.807, 2.05) is 0 Å². The highest BCUT2D eigenvalue weighted by Crippen LogP contribution is 2.28. The zero-order chi connectivity index (χ0) is 12.1. The molecule has 0 aliphatic heterocycles. The number of aliphatic hydroxyl groups is 1. The van der Waals surface area contributed by atoms with Crippen molar-refractivity contribution < 1.29 is 19.2 Å². The van der Waals surface area contributed by atoms with Crippen molar-refractivity contribution in [2.24, 2.45) is 0 Å². The number of alkyl halides is 1. The van der Waals surface area contributed by atoms with Gasteiger partial charge in [-0.3, -0.25) is 15.2 Å². The van der Waals surface area contributed by atoms with Crippen LogP contribution in [0.5, 0.6) is 5.88 Å². The molecule has 2 N–H and O–H groups in total. The molecule has 8 heteroatoms. The Labute approximate surface area is 90.4 Å². The van der Waals surface area contributed by atoms with Crippen LogP contribution in [0.25, 0.3) is 0 Å². The van der Waals surface area contributed by atoms with Crippen LogP contribution in [0.3, 0.4) is 0 Å². The predicted octanol–water partition coefficient (Wildman–Crippen LogP) is 0.589. The SMILES string of the molecule is CCc1[nH]nc(OCC(F)CO)c1[N+](=O)[O-]. The van der Waals surface area contributed by atoms with Gasteiger partial charge in [0.1, 0.15) is 12.3 Å². The molecule has 0 aliphatic rings. The van der Waals surface area contributed by atoms with Gasteiger partial charge in [0.25, 0.3) is 0 Å². The summed E-state index contributed by atoms with van der Waals surface area (Å²) in [5, 5.41) is 25.1. The van der Waals surface area contributed by atoms with Crippen LogP contribution < -0.4 is 4.74 Å². The van der Waals surface area contributed by atoms with Gasteiger partial charge in [-0.25, -0.2) is 4.39 Å². The highest BCUT2D eigenvalue weighted by molar-refractivity contribution is 5.45. The van der Waals surface area contributed by atoms with Gasteiger partial charge in [-0.05, 0) is 6.42 Å². The Balaban J connectivity index is 2.80. The smallest absolute Gasteiger partial charge is 0.352 e. The van der Waals surface area contributed by atoms with Gasteiger partial charge in [0.15, 0.2) is 6.17 Å². The van der Waals surface area contributed by atoms with Crippen molar-refractivity contribution in [2.75, 3.05) is 13.2 Å². The van der Waals surface area contributed by atoms with Crippen molar-refractivity contribution in [3.8, 4) is 5.88 Å². The summed E-state index contributed by atoms with van der Waals surface area (Å²) in [5.74, 6) is -0.252. The molecule has 1 rings (SSSR count). The highest BCUT2D eigenvalue weighted by atomic mass is 19.1. The van der Waals surface area contributed by atoms with Crippen molar-refractivity contribution in [1.29, 1.82) is 0 Å². The number of rotatable bonds is 6. The molecule has 90 valence electrons. The molecular formula is C8H12FN3O4. The summed E-state index contributed by atoms with van der Waals surface area (Å²) in [6.07, 6.45) is -1.19. The van der Waals surface area contributed by atoms with Gasteiger partial charge in [0.05, 0.1) is 11.5 Å². The zero-order valence-electron chi connectivity index (χ0n) is 8.64. The molecule has 1 heterocycles. The number of aromatic nitrogens is 2. The van der Waals surface area contributed by atoms with Crippen LogP contribution in [0.1, 0.15) is 12.6 Å². The third kappa shape index (κ3) is 2.66. The molecule has 0 fully saturated rings. The maximum absolute atomic E-state index is 12.7. The van der Waals surface area contributed by atoms with Crippen molar-refractivity contribution in [3.05, 3.63) is 15.8 Å². The number of halogens is 1. The Morgan fingerprint density at radius 3 is 2.94 bits per heavy atom. The van der Waals surface area contributed by atoms with E-state index in [4.69, 9.17) is 9.84 Å². The molecule has 1 atom stereocenters. The lowest BCUT2D eigenvalue weighted by Crippen LogP contribution is -2.17. The number of nitro groups is 1. The van der Waals surface area contributed by atoms with Crippen molar-refractivity contribution in [3.63, 3.8) is 0 Å². The van der Waals surface area contributed by atoms with Crippen LogP contribution in [0.15, 0.2) is 0 Å². The van der Waals surface area contributed by atoms with Gasteiger partial charge in [-0.1, -0.05) is 6.92 Å². The van der Waals surface area contributed by atoms with E-state index < -0.39 is 24.3 Å². The summed E-state index contributed by atoms with van der Waals surface area (Å²) in [7, 11) is 0. The van der Waals surface area contributed by atoms with E-state index in [1.54, 1.807) is 6.92 Å². The largest absolute Gasteiger partial charge is 0.469 e. The zero-order valence-corrected chi connectivity index (χ0v) is 8.64. The van der Waals surface area contributed by atoms with E-state index in [0.717, 1.165) is 0 Å². The minimum Gasteiger partial charge on any atom is -0.469 e. The monoisotopic (exact) mass is 233 g/mol. The second-order valence-electron chi connectivity index (χ2n) is 3.06. The van der Waals surface area contributed by atoms with Crippen LogP contribution >= 0.6 is 0 Å². The number of ether oxygens (including phenoxy) is 1. The fraction of sp³-hybridized carbons (Fsp3) is 0.625. The fourth-order valence-electron chi connectivity index (χ4n) is 1.11. The molecule has 0 aromatic carbocycles. The summed E-state index contributed by atoms with van der Waals surface area (Å²) in [4.78, 5) is 10.1. The first-order valence-electron chi connectivity index (χ1n) is 4.69. The topological polar surface area (TPSA) is 101 Å². The van der Waals surface area contributed by atoms with Crippen LogP contribution in [-0.4, -0.2) is 39.6 Å². The Hall–Kier alpha value is -1.70. The first-order valence-corrected chi connectivity index (χ1v) is 4.69. The minimum atomic E-state index is -1.58. The van der Waals surface area contributed by atoms with Crippen molar-refractivity contribution in [2.45, 2.75) is 19.5 Å².